The highest BCUT2D eigenvalue weighted by Crippen LogP contribution is 2.37. The van der Waals surface area contributed by atoms with E-state index in [0.29, 0.717) is 12.6 Å². The van der Waals surface area contributed by atoms with E-state index in [1.807, 2.05) is 0 Å². The molecule has 0 aromatic carbocycles. The summed E-state index contributed by atoms with van der Waals surface area (Å²) in [5, 5.41) is 0. The quantitative estimate of drug-likeness (QED) is 0.446. The van der Waals surface area contributed by atoms with Crippen molar-refractivity contribution in [3.8, 4) is 0 Å². The molecule has 2 fully saturated rings. The zero-order valence-corrected chi connectivity index (χ0v) is 4.96. The van der Waals surface area contributed by atoms with Crippen LogP contribution in [0.1, 0.15) is 6.42 Å². The Kier molecular flexibility index (Phi) is 0.695. The SMILES string of the molecule is C=C1C2CCOC(=O)N12. The lowest BCUT2D eigenvalue weighted by molar-refractivity contribution is 0.111. The van der Waals surface area contributed by atoms with Crippen LogP contribution in [0.4, 0.5) is 4.79 Å². The van der Waals surface area contributed by atoms with Crippen LogP contribution in [0.5, 0.6) is 0 Å². The summed E-state index contributed by atoms with van der Waals surface area (Å²) in [6.45, 7) is 4.24. The van der Waals surface area contributed by atoms with Crippen LogP contribution in [-0.2, 0) is 4.74 Å². The molecule has 2 heterocycles. The van der Waals surface area contributed by atoms with Crippen LogP contribution in [-0.4, -0.2) is 23.6 Å². The van der Waals surface area contributed by atoms with E-state index in [1.54, 1.807) is 4.90 Å². The molecule has 9 heavy (non-hydrogen) atoms. The van der Waals surface area contributed by atoms with Crippen molar-refractivity contribution in [2.24, 2.45) is 0 Å². The average molecular weight is 125 g/mol. The Morgan fingerprint density at radius 1 is 1.78 bits per heavy atom. The lowest BCUT2D eigenvalue weighted by atomic mass is 10.3. The predicted molar refractivity (Wildman–Crippen MR) is 30.7 cm³/mol. The van der Waals surface area contributed by atoms with E-state index in [2.05, 4.69) is 6.58 Å². The molecule has 0 saturated carbocycles. The molecule has 0 N–H and O–H groups in total. The molecule has 0 aliphatic carbocycles. The van der Waals surface area contributed by atoms with Gasteiger partial charge >= 0.3 is 6.09 Å². The monoisotopic (exact) mass is 125 g/mol. The first-order valence-corrected chi connectivity index (χ1v) is 2.95. The molecule has 0 bridgehead atoms. The molecule has 0 aromatic rings. The Hall–Kier alpha value is -0.990. The highest BCUT2D eigenvalue weighted by Gasteiger charge is 2.47. The summed E-state index contributed by atoms with van der Waals surface area (Å²) in [5.41, 5.74) is 0.914. The number of ether oxygens (including phenoxy) is 1. The molecule has 2 saturated heterocycles. The van der Waals surface area contributed by atoms with Gasteiger partial charge in [0.2, 0.25) is 0 Å². The van der Waals surface area contributed by atoms with Crippen molar-refractivity contribution in [2.45, 2.75) is 12.5 Å². The predicted octanol–water partition coefficient (Wildman–Crippen LogP) is 0.725. The molecule has 1 atom stereocenters. The van der Waals surface area contributed by atoms with Crippen LogP contribution in [0.15, 0.2) is 12.3 Å². The second-order valence-corrected chi connectivity index (χ2v) is 2.28. The van der Waals surface area contributed by atoms with Crippen LogP contribution in [0.25, 0.3) is 0 Å². The summed E-state index contributed by atoms with van der Waals surface area (Å²) in [4.78, 5) is 12.3. The van der Waals surface area contributed by atoms with Gasteiger partial charge in [0.05, 0.1) is 12.6 Å². The molecule has 1 amide bonds. The first-order valence-electron chi connectivity index (χ1n) is 2.95. The van der Waals surface area contributed by atoms with Crippen molar-refractivity contribution in [2.75, 3.05) is 6.61 Å². The Morgan fingerprint density at radius 2 is 2.56 bits per heavy atom. The third kappa shape index (κ3) is 0.487. The Balaban J connectivity index is 2.19. The number of hydrogen-bond donors (Lipinski definition) is 0. The lowest BCUT2D eigenvalue weighted by Crippen LogP contribution is -2.21. The first kappa shape index (κ1) is 4.85. The fourth-order valence-electron chi connectivity index (χ4n) is 1.15. The minimum absolute atomic E-state index is 0.226. The topological polar surface area (TPSA) is 29.3 Å². The van der Waals surface area contributed by atoms with Gasteiger partial charge < -0.3 is 4.74 Å². The molecule has 0 radical (unpaired) electrons. The van der Waals surface area contributed by atoms with E-state index in [0.717, 1.165) is 12.1 Å². The fourth-order valence-corrected chi connectivity index (χ4v) is 1.15. The van der Waals surface area contributed by atoms with Crippen molar-refractivity contribution in [1.29, 1.82) is 0 Å². The van der Waals surface area contributed by atoms with E-state index < -0.39 is 0 Å². The number of nitrogens with zero attached hydrogens (tertiary/aromatic N) is 1. The molecule has 2 aliphatic rings. The molecular formula is C6H7NO2. The second-order valence-electron chi connectivity index (χ2n) is 2.28. The van der Waals surface area contributed by atoms with Crippen molar-refractivity contribution in [1.82, 2.24) is 4.90 Å². The molecule has 2 rings (SSSR count). The van der Waals surface area contributed by atoms with Gasteiger partial charge in [0.1, 0.15) is 0 Å². The van der Waals surface area contributed by atoms with Gasteiger partial charge in [-0.25, -0.2) is 4.79 Å². The number of hydrogen-bond acceptors (Lipinski definition) is 2. The maximum Gasteiger partial charge on any atom is 0.414 e. The van der Waals surface area contributed by atoms with Gasteiger partial charge in [-0.05, 0) is 0 Å². The summed E-state index contributed by atoms with van der Waals surface area (Å²) >= 11 is 0. The summed E-state index contributed by atoms with van der Waals surface area (Å²) in [5.74, 6) is 0. The van der Waals surface area contributed by atoms with Gasteiger partial charge in [0.15, 0.2) is 0 Å². The Morgan fingerprint density at radius 3 is 3.11 bits per heavy atom. The standard InChI is InChI=1S/C6H7NO2/c1-4-5-2-3-9-6(8)7(4)5/h5H,1-3H2. The van der Waals surface area contributed by atoms with Gasteiger partial charge in [-0.15, -0.1) is 0 Å². The summed E-state index contributed by atoms with van der Waals surface area (Å²) in [7, 11) is 0. The number of rotatable bonds is 0. The number of carbonyl (C=O) groups is 1. The maximum absolute atomic E-state index is 10.7. The van der Waals surface area contributed by atoms with Crippen molar-refractivity contribution >= 4 is 6.09 Å². The molecule has 48 valence electrons. The molecule has 2 aliphatic heterocycles. The first-order chi connectivity index (χ1) is 4.30. The van der Waals surface area contributed by atoms with Crippen LogP contribution >= 0.6 is 0 Å². The number of cyclic esters (lactones) is 1. The molecule has 3 heteroatoms. The lowest BCUT2D eigenvalue weighted by Gasteiger charge is -2.09. The summed E-state index contributed by atoms with van der Waals surface area (Å²) in [6.07, 6.45) is 0.696. The second kappa shape index (κ2) is 1.29. The minimum Gasteiger partial charge on any atom is -0.449 e. The molecule has 0 aromatic heterocycles. The Bertz CT molecular complexity index is 187. The number of amides is 1. The minimum atomic E-state index is -0.226. The van der Waals surface area contributed by atoms with Crippen molar-refractivity contribution in [3.63, 3.8) is 0 Å². The highest BCUT2D eigenvalue weighted by molar-refractivity contribution is 5.76. The molecule has 0 spiro atoms. The number of carbonyl (C=O) groups excluding carboxylic acids is 1. The van der Waals surface area contributed by atoms with Crippen LogP contribution in [0.2, 0.25) is 0 Å². The van der Waals surface area contributed by atoms with E-state index in [9.17, 15) is 4.79 Å². The summed E-state index contributed by atoms with van der Waals surface area (Å²) in [6, 6.07) is 0.311. The Labute approximate surface area is 52.9 Å². The van der Waals surface area contributed by atoms with Crippen LogP contribution in [0.3, 0.4) is 0 Å². The smallest absolute Gasteiger partial charge is 0.414 e. The zero-order valence-electron chi connectivity index (χ0n) is 4.96. The average Bonchev–Trinajstić information content (AvgIpc) is 2.45. The molecular weight excluding hydrogens is 118 g/mol. The van der Waals surface area contributed by atoms with Crippen LogP contribution < -0.4 is 0 Å². The third-order valence-electron chi connectivity index (χ3n) is 1.75. The molecule has 3 nitrogen and oxygen atoms in total. The van der Waals surface area contributed by atoms with E-state index in [1.165, 1.54) is 0 Å². The molecule has 1 unspecified atom stereocenters. The van der Waals surface area contributed by atoms with Gasteiger partial charge in [0.25, 0.3) is 0 Å². The largest absolute Gasteiger partial charge is 0.449 e. The summed E-state index contributed by atoms with van der Waals surface area (Å²) < 4.78 is 4.73. The van der Waals surface area contributed by atoms with E-state index in [4.69, 9.17) is 4.74 Å². The fraction of sp³-hybridized carbons (Fsp3) is 0.500. The van der Waals surface area contributed by atoms with Gasteiger partial charge in [0, 0.05) is 12.1 Å². The van der Waals surface area contributed by atoms with Gasteiger partial charge in [-0.1, -0.05) is 6.58 Å². The van der Waals surface area contributed by atoms with Crippen molar-refractivity contribution in [3.05, 3.63) is 12.3 Å². The maximum atomic E-state index is 10.7. The van der Waals surface area contributed by atoms with Crippen LogP contribution in [0, 0.1) is 0 Å². The highest BCUT2D eigenvalue weighted by atomic mass is 16.6. The third-order valence-corrected chi connectivity index (χ3v) is 1.75. The van der Waals surface area contributed by atoms with Crippen molar-refractivity contribution < 1.29 is 9.53 Å². The van der Waals surface area contributed by atoms with E-state index >= 15 is 0 Å². The zero-order chi connectivity index (χ0) is 6.43. The van der Waals surface area contributed by atoms with E-state index in [-0.39, 0.29) is 6.09 Å². The number of fused-ring (bicyclic) bond motifs is 1. The normalized spacial score (nSPS) is 31.6. The van der Waals surface area contributed by atoms with Gasteiger partial charge in [-0.2, -0.15) is 0 Å². The van der Waals surface area contributed by atoms with Gasteiger partial charge in [-0.3, -0.25) is 4.90 Å².